The Balaban J connectivity index is 2.18. The summed E-state index contributed by atoms with van der Waals surface area (Å²) in [6.45, 7) is 9.80. The van der Waals surface area contributed by atoms with Crippen molar-refractivity contribution in [3.8, 4) is 11.4 Å². The number of halogens is 1. The van der Waals surface area contributed by atoms with Crippen LogP contribution in [0.3, 0.4) is 0 Å². The highest BCUT2D eigenvalue weighted by atomic mass is 32.2. The number of benzene rings is 1. The van der Waals surface area contributed by atoms with Gasteiger partial charge in [0.15, 0.2) is 5.82 Å². The number of carbonyl (C=O) groups excluding carboxylic acids is 1. The van der Waals surface area contributed by atoms with Crippen LogP contribution in [-0.4, -0.2) is 43.0 Å². The molecule has 1 atom stereocenters. The van der Waals surface area contributed by atoms with Crippen molar-refractivity contribution in [2.75, 3.05) is 5.84 Å². The van der Waals surface area contributed by atoms with E-state index in [9.17, 15) is 9.18 Å². The Hall–Kier alpha value is -2.09. The first-order valence-corrected chi connectivity index (χ1v) is 9.05. The van der Waals surface area contributed by atoms with Crippen LogP contribution in [0.4, 0.5) is 4.39 Å². The van der Waals surface area contributed by atoms with Gasteiger partial charge in [-0.1, -0.05) is 11.8 Å². The van der Waals surface area contributed by atoms with Crippen molar-refractivity contribution < 1.29 is 9.18 Å². The molecule has 0 saturated carbocycles. The van der Waals surface area contributed by atoms with Gasteiger partial charge in [0.25, 0.3) is 0 Å². The zero-order valence-corrected chi connectivity index (χ0v) is 15.9. The number of nitrogens with two attached hydrogens (primary N) is 1. The Kier molecular flexibility index (Phi) is 6.05. The average molecular weight is 365 g/mol. The minimum Gasteiger partial charge on any atom is -0.337 e. The van der Waals surface area contributed by atoms with Gasteiger partial charge in [-0.3, -0.25) is 4.79 Å². The van der Waals surface area contributed by atoms with Crippen molar-refractivity contribution in [2.24, 2.45) is 0 Å². The minimum absolute atomic E-state index is 0.0290. The Bertz CT molecular complexity index is 721. The molecule has 2 aromatic rings. The summed E-state index contributed by atoms with van der Waals surface area (Å²) < 4.78 is 14.4. The van der Waals surface area contributed by atoms with E-state index in [4.69, 9.17) is 5.84 Å². The number of hydrogen-bond donors (Lipinski definition) is 1. The maximum absolute atomic E-state index is 13.1. The van der Waals surface area contributed by atoms with E-state index in [2.05, 4.69) is 10.2 Å². The van der Waals surface area contributed by atoms with E-state index in [0.29, 0.717) is 16.5 Å². The highest BCUT2D eigenvalue weighted by Crippen LogP contribution is 2.26. The summed E-state index contributed by atoms with van der Waals surface area (Å²) in [5, 5.41) is 8.22. The number of nitrogen functional groups attached to an aromatic ring is 1. The molecule has 2 rings (SSSR count). The van der Waals surface area contributed by atoms with Gasteiger partial charge in [-0.05, 0) is 58.9 Å². The summed E-state index contributed by atoms with van der Waals surface area (Å²) in [5.41, 5.74) is 0.660. The van der Waals surface area contributed by atoms with E-state index in [-0.39, 0.29) is 29.1 Å². The highest BCUT2D eigenvalue weighted by Gasteiger charge is 2.27. The second kappa shape index (κ2) is 7.86. The van der Waals surface area contributed by atoms with Gasteiger partial charge in [0, 0.05) is 17.6 Å². The molecule has 0 radical (unpaired) electrons. The molecule has 0 saturated heterocycles. The summed E-state index contributed by atoms with van der Waals surface area (Å²) in [4.78, 5) is 14.6. The van der Waals surface area contributed by atoms with Gasteiger partial charge in [0.2, 0.25) is 11.1 Å². The third-order valence-electron chi connectivity index (χ3n) is 3.76. The molecule has 0 unspecified atom stereocenters. The van der Waals surface area contributed by atoms with E-state index in [1.165, 1.54) is 28.6 Å². The third-order valence-corrected chi connectivity index (χ3v) is 4.81. The van der Waals surface area contributed by atoms with Crippen molar-refractivity contribution in [3.63, 3.8) is 0 Å². The predicted octanol–water partition coefficient (Wildman–Crippen LogP) is 2.92. The average Bonchev–Trinajstić information content (AvgIpc) is 2.88. The van der Waals surface area contributed by atoms with Gasteiger partial charge >= 0.3 is 0 Å². The fourth-order valence-electron chi connectivity index (χ4n) is 2.68. The lowest BCUT2D eigenvalue weighted by Crippen LogP contribution is -2.45. The number of carbonyl (C=O) groups is 1. The largest absolute Gasteiger partial charge is 0.337 e. The molecule has 1 amide bonds. The summed E-state index contributed by atoms with van der Waals surface area (Å²) in [6, 6.07) is 6.08. The molecule has 0 spiro atoms. The molecule has 1 aromatic carbocycles. The van der Waals surface area contributed by atoms with Crippen molar-refractivity contribution >= 4 is 17.7 Å². The normalized spacial score (nSPS) is 12.6. The van der Waals surface area contributed by atoms with Gasteiger partial charge in [-0.15, -0.1) is 10.2 Å². The highest BCUT2D eigenvalue weighted by molar-refractivity contribution is 8.00. The second-order valence-electron chi connectivity index (χ2n) is 6.38. The summed E-state index contributed by atoms with van der Waals surface area (Å²) in [5.74, 6) is 6.19. The van der Waals surface area contributed by atoms with Crippen molar-refractivity contribution in [3.05, 3.63) is 30.1 Å². The molecule has 1 heterocycles. The van der Waals surface area contributed by atoms with Gasteiger partial charge in [0.1, 0.15) is 5.82 Å². The van der Waals surface area contributed by atoms with Crippen molar-refractivity contribution in [1.29, 1.82) is 0 Å². The lowest BCUT2D eigenvalue weighted by molar-refractivity contribution is -0.133. The smallest absolute Gasteiger partial charge is 0.236 e. The topological polar surface area (TPSA) is 77.0 Å². The predicted molar refractivity (Wildman–Crippen MR) is 98.0 cm³/mol. The first kappa shape index (κ1) is 19.2. The van der Waals surface area contributed by atoms with Gasteiger partial charge < -0.3 is 10.7 Å². The molecule has 0 fully saturated rings. The molecule has 25 heavy (non-hydrogen) atoms. The molecule has 8 heteroatoms. The molecule has 0 aliphatic heterocycles. The fraction of sp³-hybridized carbons (Fsp3) is 0.471. The monoisotopic (exact) mass is 365 g/mol. The van der Waals surface area contributed by atoms with Crippen molar-refractivity contribution in [1.82, 2.24) is 19.8 Å². The summed E-state index contributed by atoms with van der Waals surface area (Å²) in [6.07, 6.45) is 0. The van der Waals surface area contributed by atoms with Gasteiger partial charge in [-0.2, -0.15) is 0 Å². The second-order valence-corrected chi connectivity index (χ2v) is 7.68. The van der Waals surface area contributed by atoms with Crippen LogP contribution in [0, 0.1) is 5.82 Å². The Morgan fingerprint density at radius 2 is 1.68 bits per heavy atom. The van der Waals surface area contributed by atoms with Gasteiger partial charge in [-0.25, -0.2) is 9.07 Å². The van der Waals surface area contributed by atoms with E-state index in [0.717, 1.165) is 0 Å². The molecule has 136 valence electrons. The van der Waals surface area contributed by atoms with Crippen LogP contribution in [0.1, 0.15) is 34.6 Å². The van der Waals surface area contributed by atoms with Gasteiger partial charge in [0.05, 0.1) is 5.25 Å². The zero-order valence-electron chi connectivity index (χ0n) is 15.1. The number of thioether (sulfide) groups is 1. The first-order valence-electron chi connectivity index (χ1n) is 8.17. The molecule has 2 N–H and O–H groups in total. The van der Waals surface area contributed by atoms with Crippen LogP contribution in [0.5, 0.6) is 0 Å². The van der Waals surface area contributed by atoms with Crippen LogP contribution < -0.4 is 5.84 Å². The van der Waals surface area contributed by atoms with Crippen LogP contribution in [0.15, 0.2) is 29.4 Å². The standard InChI is InChI=1S/C17H24FN5OS/c1-10(2)22(11(3)4)16(24)12(5)25-17-21-20-15(23(17)19)13-6-8-14(18)9-7-13/h6-12H,19H2,1-5H3/t12-/m1/s1. The molecule has 0 aliphatic carbocycles. The van der Waals surface area contributed by atoms with E-state index >= 15 is 0 Å². The Morgan fingerprint density at radius 1 is 1.12 bits per heavy atom. The molecule has 1 aromatic heterocycles. The first-order chi connectivity index (χ1) is 11.7. The molecular formula is C17H24FN5OS. The third kappa shape index (κ3) is 4.31. The van der Waals surface area contributed by atoms with Crippen molar-refractivity contribution in [2.45, 2.75) is 57.1 Å². The van der Waals surface area contributed by atoms with E-state index in [1.807, 2.05) is 39.5 Å². The molecular weight excluding hydrogens is 341 g/mol. The summed E-state index contributed by atoms with van der Waals surface area (Å²) in [7, 11) is 0. The number of aromatic nitrogens is 3. The number of nitrogens with zero attached hydrogens (tertiary/aromatic N) is 4. The number of amides is 1. The minimum atomic E-state index is -0.350. The maximum atomic E-state index is 13.1. The van der Waals surface area contributed by atoms with E-state index < -0.39 is 0 Å². The SMILES string of the molecule is CC(C)N(C(=O)[C@@H](C)Sc1nnc(-c2ccc(F)cc2)n1N)C(C)C. The quantitative estimate of drug-likeness (QED) is 0.629. The zero-order chi connectivity index (χ0) is 18.7. The lowest BCUT2D eigenvalue weighted by Gasteiger charge is -2.32. The molecule has 0 aliphatic rings. The van der Waals surface area contributed by atoms with Crippen LogP contribution >= 0.6 is 11.8 Å². The van der Waals surface area contributed by atoms with E-state index in [1.54, 1.807) is 12.1 Å². The number of hydrogen-bond acceptors (Lipinski definition) is 5. The lowest BCUT2D eigenvalue weighted by atomic mass is 10.2. The molecule has 6 nitrogen and oxygen atoms in total. The maximum Gasteiger partial charge on any atom is 0.236 e. The van der Waals surface area contributed by atoms with Crippen LogP contribution in [0.25, 0.3) is 11.4 Å². The summed E-state index contributed by atoms with van der Waals surface area (Å²) >= 11 is 1.26. The van der Waals surface area contributed by atoms with Crippen LogP contribution in [-0.2, 0) is 4.79 Å². The molecule has 0 bridgehead atoms. The Morgan fingerprint density at radius 3 is 2.20 bits per heavy atom. The fourth-order valence-corrected chi connectivity index (χ4v) is 3.50. The number of rotatable bonds is 6. The van der Waals surface area contributed by atoms with Crippen LogP contribution in [0.2, 0.25) is 0 Å². The Labute approximate surface area is 151 Å².